The van der Waals surface area contributed by atoms with Crippen LogP contribution in [0, 0.1) is 0 Å². The van der Waals surface area contributed by atoms with E-state index in [9.17, 15) is 4.79 Å². The Balaban J connectivity index is 2.37. The summed E-state index contributed by atoms with van der Waals surface area (Å²) in [5, 5.41) is 7.89. The molecule has 0 saturated heterocycles. The standard InChI is InChI=1S/C13H11Cl2N3O/c1-2-11(9-4-3-5-10(14)13(9)15)17-12-6-7-16-18(12)8-19/h2-8,17H,1H3/b11-2-. The number of nitrogens with one attached hydrogen (secondary N) is 1. The minimum Gasteiger partial charge on any atom is -0.340 e. The molecule has 98 valence electrons. The molecule has 4 nitrogen and oxygen atoms in total. The Morgan fingerprint density at radius 1 is 1.37 bits per heavy atom. The van der Waals surface area contributed by atoms with Crippen molar-refractivity contribution in [1.82, 2.24) is 9.78 Å². The molecule has 0 radical (unpaired) electrons. The van der Waals surface area contributed by atoms with Crippen LogP contribution in [0.3, 0.4) is 0 Å². The number of anilines is 1. The summed E-state index contributed by atoms with van der Waals surface area (Å²) in [5.74, 6) is 0.555. The van der Waals surface area contributed by atoms with Crippen LogP contribution in [0.2, 0.25) is 10.0 Å². The maximum Gasteiger partial charge on any atom is 0.235 e. The lowest BCUT2D eigenvalue weighted by Gasteiger charge is -2.12. The zero-order valence-electron chi connectivity index (χ0n) is 10.1. The Kier molecular flexibility index (Phi) is 4.24. The average Bonchev–Trinajstić information content (AvgIpc) is 2.87. The molecular formula is C13H11Cl2N3O. The average molecular weight is 296 g/mol. The topological polar surface area (TPSA) is 46.9 Å². The van der Waals surface area contributed by atoms with Crippen molar-refractivity contribution in [2.24, 2.45) is 0 Å². The fourth-order valence-electron chi connectivity index (χ4n) is 1.64. The number of aromatic nitrogens is 2. The van der Waals surface area contributed by atoms with Crippen LogP contribution in [0.5, 0.6) is 0 Å². The monoisotopic (exact) mass is 295 g/mol. The van der Waals surface area contributed by atoms with Gasteiger partial charge in [-0.1, -0.05) is 41.4 Å². The van der Waals surface area contributed by atoms with Crippen molar-refractivity contribution in [3.8, 4) is 0 Å². The summed E-state index contributed by atoms with van der Waals surface area (Å²) in [5.41, 5.74) is 1.51. The Morgan fingerprint density at radius 3 is 2.84 bits per heavy atom. The van der Waals surface area contributed by atoms with Crippen LogP contribution in [-0.4, -0.2) is 16.2 Å². The molecule has 0 unspecified atom stereocenters. The maximum absolute atomic E-state index is 10.8. The molecule has 0 saturated carbocycles. The van der Waals surface area contributed by atoms with E-state index in [1.54, 1.807) is 12.1 Å². The quantitative estimate of drug-likeness (QED) is 0.875. The minimum atomic E-state index is 0.460. The first-order chi connectivity index (χ1) is 9.17. The van der Waals surface area contributed by atoms with Gasteiger partial charge in [-0.05, 0) is 13.0 Å². The van der Waals surface area contributed by atoms with E-state index in [0.29, 0.717) is 22.3 Å². The van der Waals surface area contributed by atoms with Gasteiger partial charge in [0.25, 0.3) is 0 Å². The van der Waals surface area contributed by atoms with Gasteiger partial charge in [0.05, 0.1) is 16.2 Å². The number of rotatable bonds is 4. The van der Waals surface area contributed by atoms with Crippen molar-refractivity contribution in [2.75, 3.05) is 5.32 Å². The van der Waals surface area contributed by atoms with E-state index in [0.717, 1.165) is 11.3 Å². The Morgan fingerprint density at radius 2 is 2.16 bits per heavy atom. The summed E-state index contributed by atoms with van der Waals surface area (Å²) in [6.45, 7) is 1.86. The van der Waals surface area contributed by atoms with Gasteiger partial charge in [-0.3, -0.25) is 4.79 Å². The molecule has 19 heavy (non-hydrogen) atoms. The van der Waals surface area contributed by atoms with Crippen LogP contribution in [0.1, 0.15) is 12.5 Å². The highest BCUT2D eigenvalue weighted by atomic mass is 35.5. The largest absolute Gasteiger partial charge is 0.340 e. The van der Waals surface area contributed by atoms with E-state index in [2.05, 4.69) is 10.4 Å². The number of halogens is 2. The fourth-order valence-corrected chi connectivity index (χ4v) is 2.04. The van der Waals surface area contributed by atoms with Crippen LogP contribution in [-0.2, 0) is 4.79 Å². The van der Waals surface area contributed by atoms with Crippen LogP contribution in [0.15, 0.2) is 36.5 Å². The third kappa shape index (κ3) is 2.80. The Labute approximate surface area is 120 Å². The first-order valence-corrected chi connectivity index (χ1v) is 6.29. The summed E-state index contributed by atoms with van der Waals surface area (Å²) >= 11 is 12.2. The normalized spacial score (nSPS) is 11.4. The van der Waals surface area contributed by atoms with Gasteiger partial charge in [-0.25, -0.2) is 0 Å². The van der Waals surface area contributed by atoms with Crippen LogP contribution >= 0.6 is 23.2 Å². The minimum absolute atomic E-state index is 0.460. The summed E-state index contributed by atoms with van der Waals surface area (Å²) in [7, 11) is 0. The number of hydrogen-bond acceptors (Lipinski definition) is 3. The first-order valence-electron chi connectivity index (χ1n) is 5.54. The molecule has 2 rings (SSSR count). The van der Waals surface area contributed by atoms with E-state index in [1.165, 1.54) is 10.9 Å². The molecule has 0 spiro atoms. The molecule has 0 aliphatic heterocycles. The zero-order valence-corrected chi connectivity index (χ0v) is 11.6. The SMILES string of the molecule is C/C=C(\Nc1ccnn1C=O)c1cccc(Cl)c1Cl. The van der Waals surface area contributed by atoms with Crippen molar-refractivity contribution in [1.29, 1.82) is 0 Å². The number of benzene rings is 1. The van der Waals surface area contributed by atoms with E-state index >= 15 is 0 Å². The van der Waals surface area contributed by atoms with Crippen LogP contribution in [0.4, 0.5) is 5.82 Å². The van der Waals surface area contributed by atoms with Gasteiger partial charge < -0.3 is 5.32 Å². The van der Waals surface area contributed by atoms with E-state index in [1.807, 2.05) is 25.1 Å². The smallest absolute Gasteiger partial charge is 0.235 e. The van der Waals surface area contributed by atoms with Gasteiger partial charge >= 0.3 is 0 Å². The van der Waals surface area contributed by atoms with Gasteiger partial charge in [-0.2, -0.15) is 9.78 Å². The lowest BCUT2D eigenvalue weighted by Crippen LogP contribution is -2.06. The lowest BCUT2D eigenvalue weighted by atomic mass is 10.1. The molecule has 1 aromatic carbocycles. The Hall–Kier alpha value is -1.78. The fraction of sp³-hybridized carbons (Fsp3) is 0.0769. The molecular weight excluding hydrogens is 285 g/mol. The highest BCUT2D eigenvalue weighted by Crippen LogP contribution is 2.30. The summed E-state index contributed by atoms with van der Waals surface area (Å²) in [4.78, 5) is 10.8. The third-order valence-electron chi connectivity index (χ3n) is 2.56. The van der Waals surface area contributed by atoms with Crippen LogP contribution in [0.25, 0.3) is 5.70 Å². The number of hydrogen-bond donors (Lipinski definition) is 1. The number of nitrogens with zero attached hydrogens (tertiary/aromatic N) is 2. The molecule has 0 fully saturated rings. The molecule has 2 aromatic rings. The second-order valence-corrected chi connectivity index (χ2v) is 4.48. The molecule has 0 amide bonds. The van der Waals surface area contributed by atoms with E-state index in [-0.39, 0.29) is 0 Å². The molecule has 0 bridgehead atoms. The van der Waals surface area contributed by atoms with Gasteiger partial charge in [0.15, 0.2) is 0 Å². The van der Waals surface area contributed by atoms with E-state index in [4.69, 9.17) is 23.2 Å². The summed E-state index contributed by atoms with van der Waals surface area (Å²) < 4.78 is 1.20. The molecule has 0 aliphatic rings. The molecule has 6 heteroatoms. The summed E-state index contributed by atoms with van der Waals surface area (Å²) in [6.07, 6.45) is 4.00. The van der Waals surface area contributed by atoms with Crippen molar-refractivity contribution in [3.05, 3.63) is 52.1 Å². The number of carbonyl (C=O) groups excluding carboxylic acids is 1. The molecule has 1 N–H and O–H groups in total. The van der Waals surface area contributed by atoms with Gasteiger partial charge in [0.2, 0.25) is 6.41 Å². The van der Waals surface area contributed by atoms with E-state index < -0.39 is 0 Å². The molecule has 0 atom stereocenters. The number of carbonyl (C=O) groups is 1. The highest BCUT2D eigenvalue weighted by molar-refractivity contribution is 6.43. The second kappa shape index (κ2) is 5.91. The van der Waals surface area contributed by atoms with Gasteiger partial charge in [0.1, 0.15) is 5.82 Å². The Bertz CT molecular complexity index is 635. The maximum atomic E-state index is 10.8. The molecule has 1 aromatic heterocycles. The molecule has 0 aliphatic carbocycles. The van der Waals surface area contributed by atoms with Gasteiger partial charge in [-0.15, -0.1) is 0 Å². The lowest BCUT2D eigenvalue weighted by molar-refractivity contribution is 0.541. The molecule has 1 heterocycles. The predicted molar refractivity (Wildman–Crippen MR) is 78.1 cm³/mol. The third-order valence-corrected chi connectivity index (χ3v) is 3.38. The van der Waals surface area contributed by atoms with Crippen molar-refractivity contribution < 1.29 is 4.79 Å². The van der Waals surface area contributed by atoms with Crippen molar-refractivity contribution >= 4 is 41.1 Å². The second-order valence-electron chi connectivity index (χ2n) is 3.70. The summed E-state index contributed by atoms with van der Waals surface area (Å²) in [6, 6.07) is 7.07. The van der Waals surface area contributed by atoms with Crippen LogP contribution < -0.4 is 5.32 Å². The predicted octanol–water partition coefficient (Wildman–Crippen LogP) is 3.70. The first kappa shape index (κ1) is 13.6. The number of allylic oxidation sites excluding steroid dienone is 1. The van der Waals surface area contributed by atoms with Crippen molar-refractivity contribution in [3.63, 3.8) is 0 Å². The van der Waals surface area contributed by atoms with Crippen molar-refractivity contribution in [2.45, 2.75) is 6.92 Å². The van der Waals surface area contributed by atoms with Gasteiger partial charge in [0, 0.05) is 17.3 Å². The highest BCUT2D eigenvalue weighted by Gasteiger charge is 2.10. The zero-order chi connectivity index (χ0) is 13.8.